The van der Waals surface area contributed by atoms with E-state index in [4.69, 9.17) is 4.98 Å². The lowest BCUT2D eigenvalue weighted by Crippen LogP contribution is -2.23. The highest BCUT2D eigenvalue weighted by Gasteiger charge is 2.31. The zero-order valence-corrected chi connectivity index (χ0v) is 18.4. The molecule has 0 spiro atoms. The molecule has 0 amide bonds. The summed E-state index contributed by atoms with van der Waals surface area (Å²) in [4.78, 5) is 7.85. The van der Waals surface area contributed by atoms with E-state index in [2.05, 4.69) is 55.2 Å². The van der Waals surface area contributed by atoms with Gasteiger partial charge in [0.05, 0.1) is 15.8 Å². The van der Waals surface area contributed by atoms with E-state index in [1.165, 1.54) is 22.8 Å². The van der Waals surface area contributed by atoms with E-state index in [0.717, 1.165) is 23.8 Å². The Balaban J connectivity index is 1.60. The van der Waals surface area contributed by atoms with Crippen LogP contribution >= 0.6 is 0 Å². The molecule has 0 saturated carbocycles. The molecule has 0 bridgehead atoms. The Bertz CT molecular complexity index is 1550. The topological polar surface area (TPSA) is 103 Å². The molecule has 7 heteroatoms. The molecule has 162 valence electrons. The van der Waals surface area contributed by atoms with Gasteiger partial charge in [0, 0.05) is 11.5 Å². The maximum atomic E-state index is 11.5. The zero-order valence-electron chi connectivity index (χ0n) is 17.6. The van der Waals surface area contributed by atoms with Gasteiger partial charge in [-0.15, -0.1) is 0 Å². The number of allylic oxidation sites excluding steroid dienone is 4. The van der Waals surface area contributed by atoms with Crippen molar-refractivity contribution in [3.05, 3.63) is 83.7 Å². The van der Waals surface area contributed by atoms with Gasteiger partial charge in [0.1, 0.15) is 17.1 Å². The number of hydrogen-bond donors (Lipinski definition) is 3. The van der Waals surface area contributed by atoms with E-state index in [0.29, 0.717) is 16.3 Å². The Morgan fingerprint density at radius 1 is 1.09 bits per heavy atom. The summed E-state index contributed by atoms with van der Waals surface area (Å²) in [6.07, 6.45) is 7.02. The van der Waals surface area contributed by atoms with Crippen LogP contribution in [0, 0.1) is 6.92 Å². The van der Waals surface area contributed by atoms with E-state index in [1.54, 1.807) is 12.1 Å². The van der Waals surface area contributed by atoms with Crippen molar-refractivity contribution in [2.45, 2.75) is 30.6 Å². The van der Waals surface area contributed by atoms with Gasteiger partial charge in [-0.25, -0.2) is 4.98 Å². The molecule has 1 unspecified atom stereocenters. The summed E-state index contributed by atoms with van der Waals surface area (Å²) < 4.78 is 32.4. The number of imidazole rings is 1. The Hall–Kier alpha value is -3.42. The lowest BCUT2D eigenvalue weighted by molar-refractivity contribution is 0.471. The molecule has 0 radical (unpaired) electrons. The SMILES string of the molecule is Cc1ccc(C2=CC=CC(C)(c3nc4c(ccc5cc(S(=O)(=O)O)cc(O)c54)[nH]3)C2)cc1. The van der Waals surface area contributed by atoms with E-state index in [-0.39, 0.29) is 16.1 Å². The first-order valence-corrected chi connectivity index (χ1v) is 11.7. The molecule has 32 heavy (non-hydrogen) atoms. The third kappa shape index (κ3) is 3.39. The number of hydrogen-bond acceptors (Lipinski definition) is 4. The number of phenols is 1. The highest BCUT2D eigenvalue weighted by atomic mass is 32.2. The fourth-order valence-electron chi connectivity index (χ4n) is 4.32. The second-order valence-corrected chi connectivity index (χ2v) is 10.00. The number of phenolic OH excluding ortho intramolecular Hbond substituents is 1. The number of aromatic amines is 1. The Kier molecular flexibility index (Phi) is 4.51. The van der Waals surface area contributed by atoms with Crippen molar-refractivity contribution < 1.29 is 18.1 Å². The average molecular weight is 447 g/mol. The molecule has 6 nitrogen and oxygen atoms in total. The van der Waals surface area contributed by atoms with Gasteiger partial charge in [-0.2, -0.15) is 8.42 Å². The van der Waals surface area contributed by atoms with Crippen LogP contribution in [-0.4, -0.2) is 28.0 Å². The minimum absolute atomic E-state index is 0.247. The smallest absolute Gasteiger partial charge is 0.294 e. The Labute approximate surface area is 185 Å². The standard InChI is InChI=1S/C25H22N2O4S/c1-15-5-7-16(8-6-15)18-4-3-11-25(2,14-18)24-26-20-10-9-17-12-19(32(29,30)31)13-21(28)22(17)23(20)27-24/h3-13,28H,14H2,1-2H3,(H,26,27)(H,29,30,31). The Morgan fingerprint density at radius 3 is 2.56 bits per heavy atom. The maximum Gasteiger partial charge on any atom is 0.294 e. The third-order valence-electron chi connectivity index (χ3n) is 6.10. The number of rotatable bonds is 3. The van der Waals surface area contributed by atoms with Crippen molar-refractivity contribution in [2.75, 3.05) is 0 Å². The minimum Gasteiger partial charge on any atom is -0.507 e. The summed E-state index contributed by atoms with van der Waals surface area (Å²) in [5.41, 5.74) is 4.50. The molecule has 5 rings (SSSR count). The molecule has 1 atom stereocenters. The number of fused-ring (bicyclic) bond motifs is 3. The summed E-state index contributed by atoms with van der Waals surface area (Å²) >= 11 is 0. The molecule has 1 aliphatic carbocycles. The lowest BCUT2D eigenvalue weighted by Gasteiger charge is -2.28. The monoisotopic (exact) mass is 446 g/mol. The number of aromatic nitrogens is 2. The minimum atomic E-state index is -4.43. The summed E-state index contributed by atoms with van der Waals surface area (Å²) in [7, 11) is -4.43. The number of benzene rings is 3. The van der Waals surface area contributed by atoms with Crippen molar-refractivity contribution in [3.63, 3.8) is 0 Å². The molecule has 1 aromatic heterocycles. The fourth-order valence-corrected chi connectivity index (χ4v) is 4.86. The molecule has 0 aliphatic heterocycles. The van der Waals surface area contributed by atoms with Crippen LogP contribution in [0.3, 0.4) is 0 Å². The van der Waals surface area contributed by atoms with Crippen molar-refractivity contribution in [1.29, 1.82) is 0 Å². The first kappa shape index (κ1) is 20.5. The quantitative estimate of drug-likeness (QED) is 0.372. The average Bonchev–Trinajstić information content (AvgIpc) is 3.19. The Morgan fingerprint density at radius 2 is 1.84 bits per heavy atom. The molecule has 3 aromatic carbocycles. The number of aryl methyl sites for hydroxylation is 1. The van der Waals surface area contributed by atoms with Crippen LogP contribution in [0.15, 0.2) is 71.7 Å². The normalized spacial score (nSPS) is 18.9. The van der Waals surface area contributed by atoms with E-state index in [9.17, 15) is 18.1 Å². The third-order valence-corrected chi connectivity index (χ3v) is 6.93. The molecule has 0 fully saturated rings. The maximum absolute atomic E-state index is 11.5. The van der Waals surface area contributed by atoms with Gasteiger partial charge in [0.25, 0.3) is 10.1 Å². The van der Waals surface area contributed by atoms with Crippen molar-refractivity contribution in [3.8, 4) is 5.75 Å². The predicted octanol–water partition coefficient (Wildman–Crippen LogP) is 5.28. The van der Waals surface area contributed by atoms with E-state index < -0.39 is 10.1 Å². The van der Waals surface area contributed by atoms with Crippen LogP contribution in [0.5, 0.6) is 5.75 Å². The number of aromatic hydroxyl groups is 1. The van der Waals surface area contributed by atoms with Crippen LogP contribution in [0.2, 0.25) is 0 Å². The molecular formula is C25H22N2O4S. The van der Waals surface area contributed by atoms with Gasteiger partial charge in [-0.05, 0) is 48.9 Å². The number of nitrogens with zero attached hydrogens (tertiary/aromatic N) is 1. The van der Waals surface area contributed by atoms with Gasteiger partial charge in [-0.3, -0.25) is 4.55 Å². The molecule has 3 N–H and O–H groups in total. The predicted molar refractivity (Wildman–Crippen MR) is 125 cm³/mol. The zero-order chi connectivity index (χ0) is 22.7. The van der Waals surface area contributed by atoms with Crippen LogP contribution < -0.4 is 0 Å². The van der Waals surface area contributed by atoms with Gasteiger partial charge in [0.2, 0.25) is 0 Å². The van der Waals surface area contributed by atoms with Crippen LogP contribution in [0.1, 0.15) is 30.3 Å². The lowest BCUT2D eigenvalue weighted by atomic mass is 9.77. The number of H-pyrrole nitrogens is 1. The largest absolute Gasteiger partial charge is 0.507 e. The molecule has 1 aliphatic rings. The second kappa shape index (κ2) is 7.05. The van der Waals surface area contributed by atoms with Gasteiger partial charge < -0.3 is 10.1 Å². The summed E-state index contributed by atoms with van der Waals surface area (Å²) in [6.45, 7) is 4.18. The van der Waals surface area contributed by atoms with E-state index in [1.807, 2.05) is 6.08 Å². The highest BCUT2D eigenvalue weighted by molar-refractivity contribution is 7.85. The molecule has 0 saturated heterocycles. The molecule has 4 aromatic rings. The van der Waals surface area contributed by atoms with Crippen molar-refractivity contribution in [2.24, 2.45) is 0 Å². The van der Waals surface area contributed by atoms with Gasteiger partial charge in [-0.1, -0.05) is 54.1 Å². The van der Waals surface area contributed by atoms with Gasteiger partial charge in [0.15, 0.2) is 0 Å². The molecular weight excluding hydrogens is 424 g/mol. The van der Waals surface area contributed by atoms with Crippen LogP contribution in [-0.2, 0) is 15.5 Å². The summed E-state index contributed by atoms with van der Waals surface area (Å²) in [5, 5.41) is 11.5. The van der Waals surface area contributed by atoms with Crippen LogP contribution in [0.4, 0.5) is 0 Å². The van der Waals surface area contributed by atoms with Crippen molar-refractivity contribution in [1.82, 2.24) is 9.97 Å². The van der Waals surface area contributed by atoms with Crippen LogP contribution in [0.25, 0.3) is 27.4 Å². The highest BCUT2D eigenvalue weighted by Crippen LogP contribution is 2.40. The first-order chi connectivity index (χ1) is 15.1. The molecule has 1 heterocycles. The van der Waals surface area contributed by atoms with Crippen molar-refractivity contribution >= 4 is 37.5 Å². The van der Waals surface area contributed by atoms with Gasteiger partial charge >= 0.3 is 0 Å². The fraction of sp³-hybridized carbons (Fsp3) is 0.160. The first-order valence-electron chi connectivity index (χ1n) is 10.2. The number of nitrogens with one attached hydrogen (secondary N) is 1. The van der Waals surface area contributed by atoms with E-state index >= 15 is 0 Å². The summed E-state index contributed by atoms with van der Waals surface area (Å²) in [5.74, 6) is 0.510. The second-order valence-electron chi connectivity index (χ2n) is 8.57. The summed E-state index contributed by atoms with van der Waals surface area (Å²) in [6, 6.07) is 14.3.